The van der Waals surface area contributed by atoms with Crippen LogP contribution in [-0.2, 0) is 14.6 Å². The molecule has 0 radical (unpaired) electrons. The number of amides is 1. The van der Waals surface area contributed by atoms with E-state index in [0.29, 0.717) is 25.9 Å². The van der Waals surface area contributed by atoms with Gasteiger partial charge < -0.3 is 15.4 Å². The average molecular weight is 372 g/mol. The van der Waals surface area contributed by atoms with Gasteiger partial charge in [-0.3, -0.25) is 0 Å². The van der Waals surface area contributed by atoms with Crippen LogP contribution in [0.3, 0.4) is 0 Å². The van der Waals surface area contributed by atoms with Crippen molar-refractivity contribution in [1.29, 1.82) is 0 Å². The smallest absolute Gasteiger partial charge is 0.408 e. The number of carbonyl (C=O) groups is 1. The Balaban J connectivity index is 2.29. The predicted octanol–water partition coefficient (Wildman–Crippen LogP) is 2.45. The normalized spacial score (nSPS) is 17.8. The summed E-state index contributed by atoms with van der Waals surface area (Å²) in [5, 5.41) is 4.58. The molecule has 6 nitrogen and oxygen atoms in total. The summed E-state index contributed by atoms with van der Waals surface area (Å²) in [4.78, 5) is 12.2. The van der Waals surface area contributed by atoms with Crippen LogP contribution in [0.15, 0.2) is 29.2 Å². The minimum atomic E-state index is -3.87. The van der Waals surface area contributed by atoms with Crippen molar-refractivity contribution in [2.75, 3.05) is 13.1 Å². The van der Waals surface area contributed by atoms with Crippen molar-refractivity contribution in [3.05, 3.63) is 30.1 Å². The summed E-state index contributed by atoms with van der Waals surface area (Å²) in [6.07, 6.45) is 0.448. The molecule has 0 bridgehead atoms. The number of nitrogens with one attached hydrogen (secondary N) is 2. The first kappa shape index (κ1) is 19.7. The van der Waals surface area contributed by atoms with Gasteiger partial charge in [0.25, 0.3) is 0 Å². The Morgan fingerprint density at radius 2 is 1.80 bits per heavy atom. The second-order valence-corrected chi connectivity index (χ2v) is 9.22. The Kier molecular flexibility index (Phi) is 6.05. The van der Waals surface area contributed by atoms with E-state index in [1.807, 2.05) is 0 Å². The van der Waals surface area contributed by atoms with Crippen LogP contribution in [0.25, 0.3) is 0 Å². The largest absolute Gasteiger partial charge is 0.444 e. The number of sulfone groups is 1. The van der Waals surface area contributed by atoms with Crippen LogP contribution in [0.2, 0.25) is 0 Å². The number of alkyl carbamates (subject to hydrolysis) is 1. The van der Waals surface area contributed by atoms with E-state index in [0.717, 1.165) is 12.1 Å². The topological polar surface area (TPSA) is 84.5 Å². The van der Waals surface area contributed by atoms with Gasteiger partial charge in [0.1, 0.15) is 16.8 Å². The monoisotopic (exact) mass is 372 g/mol. The van der Waals surface area contributed by atoms with Gasteiger partial charge in [-0.2, -0.15) is 0 Å². The molecular weight excluding hydrogens is 347 g/mol. The van der Waals surface area contributed by atoms with Gasteiger partial charge in [-0.15, -0.1) is 0 Å². The third kappa shape index (κ3) is 5.40. The molecule has 1 saturated heterocycles. The minimum Gasteiger partial charge on any atom is -0.444 e. The molecule has 140 valence electrons. The van der Waals surface area contributed by atoms with Crippen LogP contribution < -0.4 is 10.6 Å². The first-order chi connectivity index (χ1) is 11.6. The molecule has 0 aliphatic carbocycles. The maximum absolute atomic E-state index is 13.1. The molecular formula is C17H25FN2O4S. The molecule has 1 aliphatic rings. The van der Waals surface area contributed by atoms with Gasteiger partial charge in [0.15, 0.2) is 9.84 Å². The number of hydrogen-bond acceptors (Lipinski definition) is 5. The number of rotatable bonds is 4. The average Bonchev–Trinajstić information content (AvgIpc) is 2.52. The molecule has 2 rings (SSSR count). The molecule has 0 aromatic heterocycles. The number of benzene rings is 1. The van der Waals surface area contributed by atoms with E-state index in [2.05, 4.69) is 10.6 Å². The highest BCUT2D eigenvalue weighted by Crippen LogP contribution is 2.26. The van der Waals surface area contributed by atoms with Crippen molar-refractivity contribution >= 4 is 15.9 Å². The fourth-order valence-corrected chi connectivity index (χ4v) is 4.63. The summed E-state index contributed by atoms with van der Waals surface area (Å²) in [5.41, 5.74) is -0.734. The van der Waals surface area contributed by atoms with Gasteiger partial charge in [0, 0.05) is 0 Å². The molecule has 2 N–H and O–H groups in total. The van der Waals surface area contributed by atoms with Crippen LogP contribution in [0.1, 0.15) is 33.6 Å². The lowest BCUT2D eigenvalue weighted by Crippen LogP contribution is -2.50. The van der Waals surface area contributed by atoms with Gasteiger partial charge in [-0.25, -0.2) is 17.6 Å². The van der Waals surface area contributed by atoms with E-state index in [1.165, 1.54) is 12.1 Å². The predicted molar refractivity (Wildman–Crippen MR) is 92.3 cm³/mol. The lowest BCUT2D eigenvalue weighted by Gasteiger charge is -2.31. The lowest BCUT2D eigenvalue weighted by atomic mass is 9.98. The van der Waals surface area contributed by atoms with Gasteiger partial charge in [-0.05, 0) is 76.9 Å². The molecule has 1 unspecified atom stereocenters. The molecule has 1 fully saturated rings. The van der Waals surface area contributed by atoms with Crippen molar-refractivity contribution in [1.82, 2.24) is 10.6 Å². The second-order valence-electron chi connectivity index (χ2n) is 7.15. The molecule has 25 heavy (non-hydrogen) atoms. The van der Waals surface area contributed by atoms with Crippen LogP contribution in [0.5, 0.6) is 0 Å². The summed E-state index contributed by atoms with van der Waals surface area (Å²) < 4.78 is 44.4. The molecule has 1 heterocycles. The fourth-order valence-electron chi connectivity index (χ4n) is 2.79. The zero-order valence-electron chi connectivity index (χ0n) is 14.7. The van der Waals surface area contributed by atoms with Crippen molar-refractivity contribution in [2.45, 2.75) is 49.5 Å². The van der Waals surface area contributed by atoms with E-state index in [1.54, 1.807) is 20.8 Å². The highest BCUT2D eigenvalue weighted by molar-refractivity contribution is 7.92. The number of halogens is 1. The third-order valence-corrected chi connectivity index (χ3v) is 6.05. The quantitative estimate of drug-likeness (QED) is 0.793. The van der Waals surface area contributed by atoms with Gasteiger partial charge in [-0.1, -0.05) is 0 Å². The zero-order chi connectivity index (χ0) is 18.7. The number of piperidine rings is 1. The van der Waals surface area contributed by atoms with Crippen molar-refractivity contribution < 1.29 is 22.3 Å². The second kappa shape index (κ2) is 7.70. The van der Waals surface area contributed by atoms with Gasteiger partial charge >= 0.3 is 6.09 Å². The van der Waals surface area contributed by atoms with Gasteiger partial charge in [0.05, 0.1) is 4.90 Å². The Morgan fingerprint density at radius 3 is 2.32 bits per heavy atom. The maximum Gasteiger partial charge on any atom is 0.408 e. The Bertz CT molecular complexity index is 692. The number of hydrogen-bond donors (Lipinski definition) is 2. The van der Waals surface area contributed by atoms with E-state index >= 15 is 0 Å². The highest BCUT2D eigenvalue weighted by Gasteiger charge is 2.37. The van der Waals surface area contributed by atoms with Crippen molar-refractivity contribution in [3.63, 3.8) is 0 Å². The molecule has 0 spiro atoms. The minimum absolute atomic E-state index is 0.0199. The molecule has 1 aliphatic heterocycles. The first-order valence-corrected chi connectivity index (χ1v) is 9.84. The Hall–Kier alpha value is -1.67. The maximum atomic E-state index is 13.1. The Labute approximate surface area is 148 Å². The lowest BCUT2D eigenvalue weighted by molar-refractivity contribution is 0.0503. The molecule has 8 heteroatoms. The molecule has 1 amide bonds. The van der Waals surface area contributed by atoms with Crippen molar-refractivity contribution in [2.24, 2.45) is 5.92 Å². The van der Waals surface area contributed by atoms with E-state index in [-0.39, 0.29) is 10.8 Å². The zero-order valence-corrected chi connectivity index (χ0v) is 15.5. The van der Waals surface area contributed by atoms with Crippen LogP contribution in [0.4, 0.5) is 9.18 Å². The summed E-state index contributed by atoms with van der Waals surface area (Å²) in [6.45, 7) is 6.48. The summed E-state index contributed by atoms with van der Waals surface area (Å²) >= 11 is 0. The van der Waals surface area contributed by atoms with Crippen LogP contribution >= 0.6 is 0 Å². The van der Waals surface area contributed by atoms with E-state index in [9.17, 15) is 17.6 Å². The number of carbonyl (C=O) groups excluding carboxylic acids is 1. The van der Waals surface area contributed by atoms with Gasteiger partial charge in [0.2, 0.25) is 0 Å². The SMILES string of the molecule is CC(C)(C)OC(=O)NC(C1CCNCC1)S(=O)(=O)c1ccc(F)cc1. The fraction of sp³-hybridized carbons (Fsp3) is 0.588. The third-order valence-electron chi connectivity index (χ3n) is 3.95. The molecule has 1 aromatic carbocycles. The van der Waals surface area contributed by atoms with Crippen molar-refractivity contribution in [3.8, 4) is 0 Å². The Morgan fingerprint density at radius 1 is 1.24 bits per heavy atom. The number of ether oxygens (including phenoxy) is 1. The molecule has 1 atom stereocenters. The summed E-state index contributed by atoms with van der Waals surface area (Å²) in [6, 6.07) is 4.63. The first-order valence-electron chi connectivity index (χ1n) is 8.29. The standard InChI is InChI=1S/C17H25FN2O4S/c1-17(2,3)24-16(21)20-15(12-8-10-19-11-9-12)25(22,23)14-6-4-13(18)5-7-14/h4-7,12,15,19H,8-11H2,1-3H3,(H,20,21). The summed E-state index contributed by atoms with van der Waals surface area (Å²) in [5.74, 6) is -0.763. The summed E-state index contributed by atoms with van der Waals surface area (Å²) in [7, 11) is -3.87. The molecule has 1 aromatic rings. The van der Waals surface area contributed by atoms with E-state index in [4.69, 9.17) is 4.74 Å². The van der Waals surface area contributed by atoms with E-state index < -0.39 is 32.7 Å². The highest BCUT2D eigenvalue weighted by atomic mass is 32.2. The van der Waals surface area contributed by atoms with Crippen LogP contribution in [0, 0.1) is 11.7 Å². The van der Waals surface area contributed by atoms with Crippen LogP contribution in [-0.4, -0.2) is 38.6 Å². The molecule has 0 saturated carbocycles.